The number of aryl methyl sites for hydroxylation is 1. The number of piperidine rings is 1. The van der Waals surface area contributed by atoms with Gasteiger partial charge in [-0.05, 0) is 48.4 Å². The van der Waals surface area contributed by atoms with E-state index in [0.29, 0.717) is 12.3 Å². The lowest BCUT2D eigenvalue weighted by Crippen LogP contribution is -2.39. The predicted molar refractivity (Wildman–Crippen MR) is 90.5 cm³/mol. The topological polar surface area (TPSA) is 53.2 Å². The van der Waals surface area contributed by atoms with Gasteiger partial charge in [-0.25, -0.2) is 0 Å². The van der Waals surface area contributed by atoms with Gasteiger partial charge in [0.25, 0.3) is 0 Å². The van der Waals surface area contributed by atoms with Crippen LogP contribution in [0.25, 0.3) is 0 Å². The van der Waals surface area contributed by atoms with E-state index in [9.17, 15) is 9.59 Å². The van der Waals surface area contributed by atoms with Crippen molar-refractivity contribution >= 4 is 5.91 Å². The summed E-state index contributed by atoms with van der Waals surface area (Å²) in [5.74, 6) is 0.573. The van der Waals surface area contributed by atoms with Crippen molar-refractivity contribution in [2.75, 3.05) is 13.1 Å². The highest BCUT2D eigenvalue weighted by Crippen LogP contribution is 2.27. The zero-order chi connectivity index (χ0) is 16.2. The summed E-state index contributed by atoms with van der Waals surface area (Å²) in [6.45, 7) is 3.58. The second-order valence-corrected chi connectivity index (χ2v) is 6.24. The Morgan fingerprint density at radius 3 is 2.65 bits per heavy atom. The van der Waals surface area contributed by atoms with Gasteiger partial charge in [-0.15, -0.1) is 0 Å². The molecule has 4 heteroatoms. The molecule has 0 unspecified atom stereocenters. The summed E-state index contributed by atoms with van der Waals surface area (Å²) in [5, 5.41) is 0. The van der Waals surface area contributed by atoms with E-state index < -0.39 is 0 Å². The molecular weight excluding hydrogens is 288 g/mol. The summed E-state index contributed by atoms with van der Waals surface area (Å²) in [6.07, 6.45) is 4.02. The maximum absolute atomic E-state index is 12.5. The number of nitrogens with zero attached hydrogens (tertiary/aromatic N) is 1. The van der Waals surface area contributed by atoms with Crippen molar-refractivity contribution in [1.29, 1.82) is 0 Å². The van der Waals surface area contributed by atoms with E-state index in [1.807, 2.05) is 42.2 Å². The molecule has 1 N–H and O–H groups in total. The van der Waals surface area contributed by atoms with Crippen LogP contribution in [0.4, 0.5) is 0 Å². The van der Waals surface area contributed by atoms with E-state index >= 15 is 0 Å². The smallest absolute Gasteiger partial charge is 0.248 e. The number of aromatic nitrogens is 1. The number of H-pyrrole nitrogens is 1. The van der Waals surface area contributed by atoms with Gasteiger partial charge in [0.2, 0.25) is 11.5 Å². The van der Waals surface area contributed by atoms with Crippen LogP contribution in [0.15, 0.2) is 47.4 Å². The molecule has 1 aliphatic rings. The number of likely N-dealkylation sites (tertiary alicyclic amines) is 1. The van der Waals surface area contributed by atoms with Crippen molar-refractivity contribution in [1.82, 2.24) is 9.88 Å². The second kappa shape index (κ2) is 6.82. The molecule has 0 bridgehead atoms. The van der Waals surface area contributed by atoms with Gasteiger partial charge in [0.1, 0.15) is 0 Å². The molecule has 2 aromatic rings. The van der Waals surface area contributed by atoms with Crippen molar-refractivity contribution in [3.05, 3.63) is 69.6 Å². The first-order valence-corrected chi connectivity index (χ1v) is 8.14. The number of rotatable bonds is 3. The number of hydrogen-bond acceptors (Lipinski definition) is 2. The second-order valence-electron chi connectivity index (χ2n) is 6.24. The first-order chi connectivity index (χ1) is 11.1. The lowest BCUT2D eigenvalue weighted by molar-refractivity contribution is -0.131. The van der Waals surface area contributed by atoms with Crippen LogP contribution in [0.5, 0.6) is 0 Å². The third-order valence-corrected chi connectivity index (χ3v) is 4.72. The zero-order valence-electron chi connectivity index (χ0n) is 13.4. The van der Waals surface area contributed by atoms with Crippen LogP contribution in [0.1, 0.15) is 35.4 Å². The number of hydrogen-bond donors (Lipinski definition) is 1. The maximum Gasteiger partial charge on any atom is 0.248 e. The maximum atomic E-state index is 12.5. The first-order valence-electron chi connectivity index (χ1n) is 8.14. The largest absolute Gasteiger partial charge is 0.342 e. The highest BCUT2D eigenvalue weighted by atomic mass is 16.2. The van der Waals surface area contributed by atoms with Crippen LogP contribution in [0, 0.1) is 6.92 Å². The molecule has 0 saturated carbocycles. The Kier molecular flexibility index (Phi) is 4.60. The Hall–Kier alpha value is -2.36. The van der Waals surface area contributed by atoms with Crippen LogP contribution in [-0.2, 0) is 11.2 Å². The number of carbonyl (C=O) groups excluding carboxylic acids is 1. The summed E-state index contributed by atoms with van der Waals surface area (Å²) in [4.78, 5) is 28.5. The Labute approximate surface area is 136 Å². The van der Waals surface area contributed by atoms with E-state index in [1.54, 1.807) is 12.3 Å². The minimum Gasteiger partial charge on any atom is -0.342 e. The fourth-order valence-corrected chi connectivity index (χ4v) is 3.26. The Balaban J connectivity index is 1.59. The molecule has 2 heterocycles. The monoisotopic (exact) mass is 310 g/mol. The predicted octanol–water partition coefficient (Wildman–Crippen LogP) is 2.63. The van der Waals surface area contributed by atoms with Gasteiger partial charge in [-0.2, -0.15) is 0 Å². The quantitative estimate of drug-likeness (QED) is 0.947. The fourth-order valence-electron chi connectivity index (χ4n) is 3.26. The molecule has 1 saturated heterocycles. The normalized spacial score (nSPS) is 15.6. The van der Waals surface area contributed by atoms with Gasteiger partial charge in [0, 0.05) is 25.4 Å². The van der Waals surface area contributed by atoms with Gasteiger partial charge in [0.15, 0.2) is 0 Å². The van der Waals surface area contributed by atoms with Crippen LogP contribution < -0.4 is 5.56 Å². The minimum absolute atomic E-state index is 0.0550. The molecule has 3 rings (SSSR count). The molecule has 0 radical (unpaired) electrons. The summed E-state index contributed by atoms with van der Waals surface area (Å²) in [7, 11) is 0. The van der Waals surface area contributed by atoms with Gasteiger partial charge in [-0.3, -0.25) is 9.59 Å². The van der Waals surface area contributed by atoms with Crippen molar-refractivity contribution < 1.29 is 4.79 Å². The van der Waals surface area contributed by atoms with Gasteiger partial charge >= 0.3 is 0 Å². The standard InChI is InChI=1S/C19H22N2O2/c1-14-4-2-3-5-16(14)13-19(23)21-10-7-15(8-11-21)17-6-9-20-18(22)12-17/h2-6,9,12,15H,7-8,10-11,13H2,1H3,(H,20,22). The van der Waals surface area contributed by atoms with Crippen LogP contribution in [0.2, 0.25) is 0 Å². The molecule has 23 heavy (non-hydrogen) atoms. The average Bonchev–Trinajstić information content (AvgIpc) is 2.57. The van der Waals surface area contributed by atoms with E-state index in [-0.39, 0.29) is 11.5 Å². The summed E-state index contributed by atoms with van der Waals surface area (Å²) in [6, 6.07) is 11.7. The molecule has 1 amide bonds. The summed E-state index contributed by atoms with van der Waals surface area (Å²) in [5.41, 5.74) is 3.30. The number of benzene rings is 1. The molecule has 1 aromatic carbocycles. The van der Waals surface area contributed by atoms with Crippen LogP contribution in [-0.4, -0.2) is 28.9 Å². The number of carbonyl (C=O) groups is 1. The third-order valence-electron chi connectivity index (χ3n) is 4.72. The highest BCUT2D eigenvalue weighted by molar-refractivity contribution is 5.79. The molecule has 0 atom stereocenters. The zero-order valence-corrected chi connectivity index (χ0v) is 13.4. The SMILES string of the molecule is Cc1ccccc1CC(=O)N1CCC(c2cc[nH]c(=O)c2)CC1. The van der Waals surface area contributed by atoms with Gasteiger partial charge in [-0.1, -0.05) is 24.3 Å². The number of nitrogens with one attached hydrogen (secondary N) is 1. The van der Waals surface area contributed by atoms with Crippen molar-refractivity contribution in [3.63, 3.8) is 0 Å². The average molecular weight is 310 g/mol. The van der Waals surface area contributed by atoms with Crippen molar-refractivity contribution in [2.24, 2.45) is 0 Å². The lowest BCUT2D eigenvalue weighted by Gasteiger charge is -2.32. The molecule has 1 aliphatic heterocycles. The Bertz CT molecular complexity index is 743. The Morgan fingerprint density at radius 1 is 1.22 bits per heavy atom. The minimum atomic E-state index is -0.0550. The molecular formula is C19H22N2O2. The van der Waals surface area contributed by atoms with E-state index in [0.717, 1.165) is 37.1 Å². The molecule has 0 aliphatic carbocycles. The number of aromatic amines is 1. The number of amides is 1. The lowest BCUT2D eigenvalue weighted by atomic mass is 9.90. The highest BCUT2D eigenvalue weighted by Gasteiger charge is 2.24. The molecule has 4 nitrogen and oxygen atoms in total. The van der Waals surface area contributed by atoms with E-state index in [2.05, 4.69) is 4.98 Å². The molecule has 120 valence electrons. The van der Waals surface area contributed by atoms with E-state index in [4.69, 9.17) is 0 Å². The van der Waals surface area contributed by atoms with E-state index in [1.165, 1.54) is 5.56 Å². The third kappa shape index (κ3) is 3.70. The van der Waals surface area contributed by atoms with Crippen molar-refractivity contribution in [3.8, 4) is 0 Å². The molecule has 0 spiro atoms. The first kappa shape index (κ1) is 15.5. The van der Waals surface area contributed by atoms with Crippen LogP contribution in [0.3, 0.4) is 0 Å². The van der Waals surface area contributed by atoms with Gasteiger partial charge < -0.3 is 9.88 Å². The summed E-state index contributed by atoms with van der Waals surface area (Å²) < 4.78 is 0. The molecule has 1 aromatic heterocycles. The summed E-state index contributed by atoms with van der Waals surface area (Å²) >= 11 is 0. The van der Waals surface area contributed by atoms with Gasteiger partial charge in [0.05, 0.1) is 6.42 Å². The fraction of sp³-hybridized carbons (Fsp3) is 0.368. The van der Waals surface area contributed by atoms with Crippen molar-refractivity contribution in [2.45, 2.75) is 32.1 Å². The Morgan fingerprint density at radius 2 is 1.96 bits per heavy atom. The number of pyridine rings is 1. The van der Waals surface area contributed by atoms with Crippen LogP contribution >= 0.6 is 0 Å². The molecule has 1 fully saturated rings.